The van der Waals surface area contributed by atoms with E-state index in [1.54, 1.807) is 18.2 Å². The maximum Gasteiger partial charge on any atom is 0.274 e. The highest BCUT2D eigenvalue weighted by atomic mass is 19.1. The molecule has 30 heavy (non-hydrogen) atoms. The van der Waals surface area contributed by atoms with Gasteiger partial charge in [-0.2, -0.15) is 24.1 Å². The van der Waals surface area contributed by atoms with E-state index in [-0.39, 0.29) is 16.6 Å². The molecule has 0 saturated heterocycles. The van der Waals surface area contributed by atoms with Crippen molar-refractivity contribution in [2.24, 2.45) is 0 Å². The number of hydrogen-bond donors (Lipinski definition) is 0. The van der Waals surface area contributed by atoms with Gasteiger partial charge in [-0.3, -0.25) is 4.79 Å². The van der Waals surface area contributed by atoms with Crippen LogP contribution in [0.2, 0.25) is 0 Å². The highest BCUT2D eigenvalue weighted by Gasteiger charge is 2.27. The second-order valence-electron chi connectivity index (χ2n) is 6.60. The number of nitrogens with zero attached hydrogens (tertiary/aromatic N) is 4. The fraction of sp³-hybridized carbons (Fsp3) is 0.0476. The first kappa shape index (κ1) is 19.5. The average Bonchev–Trinajstić information content (AvgIpc) is 2.74. The summed E-state index contributed by atoms with van der Waals surface area (Å²) in [6.07, 6.45) is 0. The highest BCUT2D eigenvalue weighted by Crippen LogP contribution is 2.28. The fourth-order valence-corrected chi connectivity index (χ4v) is 3.16. The van der Waals surface area contributed by atoms with Gasteiger partial charge in [0.1, 0.15) is 5.69 Å². The third-order valence-corrected chi connectivity index (χ3v) is 4.70. The van der Waals surface area contributed by atoms with Gasteiger partial charge in [-0.05, 0) is 35.9 Å². The largest absolute Gasteiger partial charge is 0.274 e. The third kappa shape index (κ3) is 3.16. The van der Waals surface area contributed by atoms with E-state index in [1.165, 1.54) is 36.4 Å². The van der Waals surface area contributed by atoms with Crippen LogP contribution in [0.4, 0.5) is 8.78 Å². The Bertz CT molecular complexity index is 1380. The maximum absolute atomic E-state index is 14.4. The van der Waals surface area contributed by atoms with Gasteiger partial charge in [-0.1, -0.05) is 30.3 Å². The van der Waals surface area contributed by atoms with Crippen molar-refractivity contribution in [2.75, 3.05) is 0 Å². The fourth-order valence-electron chi connectivity index (χ4n) is 3.16. The van der Waals surface area contributed by atoms with Gasteiger partial charge in [0, 0.05) is 10.7 Å². The first-order valence-electron chi connectivity index (χ1n) is 8.76. The zero-order valence-electron chi connectivity index (χ0n) is 15.4. The Morgan fingerprint density at radius 3 is 2.27 bits per heavy atom. The van der Waals surface area contributed by atoms with Crippen LogP contribution in [0.5, 0.6) is 0 Å². The van der Waals surface area contributed by atoms with Gasteiger partial charge < -0.3 is 0 Å². The Hall–Kier alpha value is -3.79. The van der Waals surface area contributed by atoms with Crippen molar-refractivity contribution in [3.8, 4) is 17.3 Å². The van der Waals surface area contributed by atoms with E-state index in [0.717, 1.165) is 10.7 Å². The summed E-state index contributed by atoms with van der Waals surface area (Å²) in [4.78, 5) is 16.3. The van der Waals surface area contributed by atoms with Crippen molar-refractivity contribution in [1.82, 2.24) is 14.8 Å². The van der Waals surface area contributed by atoms with Gasteiger partial charge in [0.2, 0.25) is 11.9 Å². The molecule has 0 saturated carbocycles. The Labute approximate surface area is 172 Å². The summed E-state index contributed by atoms with van der Waals surface area (Å²) < 4.78 is 28.6. The minimum atomic E-state index is -1.91. The third-order valence-electron chi connectivity index (χ3n) is 4.70. The van der Waals surface area contributed by atoms with Gasteiger partial charge in [-0.25, -0.2) is 4.68 Å². The Morgan fingerprint density at radius 1 is 0.967 bits per heavy atom. The number of hydrogen-bond acceptors (Lipinski definition) is 4. The first-order chi connectivity index (χ1) is 14.3. The van der Waals surface area contributed by atoms with Crippen molar-refractivity contribution in [3.63, 3.8) is 0 Å². The van der Waals surface area contributed by atoms with Crippen LogP contribution >= 0.6 is 0 Å². The summed E-state index contributed by atoms with van der Waals surface area (Å²) in [5.41, 5.74) is 0.00355. The van der Waals surface area contributed by atoms with Gasteiger partial charge in [-0.15, -0.1) is 0 Å². The van der Waals surface area contributed by atoms with E-state index in [4.69, 9.17) is 21.0 Å². The molecule has 0 aliphatic carbocycles. The SMILES string of the molecule is [B]C([B])(c1ccc(C#N)cc1)n1nc(-c2ccc(F)nc2F)c2ccccc2c1=O. The molecule has 5 nitrogen and oxygen atoms in total. The minimum Gasteiger partial charge on any atom is -0.267 e. The number of aromatic nitrogens is 3. The Balaban J connectivity index is 2.02. The van der Waals surface area contributed by atoms with Crippen LogP contribution in [0.25, 0.3) is 22.0 Å². The van der Waals surface area contributed by atoms with E-state index in [2.05, 4.69) is 10.1 Å². The van der Waals surface area contributed by atoms with Crippen molar-refractivity contribution in [1.29, 1.82) is 5.26 Å². The number of fused-ring (bicyclic) bond motifs is 1. The molecule has 2 aromatic heterocycles. The lowest BCUT2D eigenvalue weighted by atomic mass is 9.58. The molecule has 0 N–H and O–H groups in total. The quantitative estimate of drug-likeness (QED) is 0.396. The number of halogens is 2. The van der Waals surface area contributed by atoms with Crippen LogP contribution in [-0.4, -0.2) is 30.5 Å². The second-order valence-corrected chi connectivity index (χ2v) is 6.60. The molecule has 0 aliphatic heterocycles. The molecule has 0 spiro atoms. The zero-order valence-corrected chi connectivity index (χ0v) is 15.4. The van der Waals surface area contributed by atoms with Gasteiger partial charge in [0.05, 0.1) is 38.3 Å². The number of pyridine rings is 1. The van der Waals surface area contributed by atoms with Gasteiger partial charge in [0.15, 0.2) is 0 Å². The van der Waals surface area contributed by atoms with Crippen molar-refractivity contribution in [3.05, 3.63) is 94.0 Å². The summed E-state index contributed by atoms with van der Waals surface area (Å²) in [7, 11) is 12.6. The predicted octanol–water partition coefficient (Wildman–Crippen LogP) is 2.60. The lowest BCUT2D eigenvalue weighted by molar-refractivity contribution is 0.513. The summed E-state index contributed by atoms with van der Waals surface area (Å²) in [6.45, 7) is 0. The number of benzene rings is 2. The standard InChI is InChI=1S/C21H10B2F2N4O/c22-21(23,13-7-5-12(11-26)6-8-13)29-20(30)15-4-2-1-3-14(15)18(28-29)16-9-10-17(24)27-19(16)25/h1-10H. The molecule has 0 unspecified atom stereocenters. The van der Waals surface area contributed by atoms with E-state index in [1.807, 2.05) is 6.07 Å². The van der Waals surface area contributed by atoms with Crippen molar-refractivity contribution < 1.29 is 8.78 Å². The molecule has 9 heteroatoms. The molecule has 0 atom stereocenters. The topological polar surface area (TPSA) is 71.6 Å². The molecule has 140 valence electrons. The number of nitriles is 1. The van der Waals surface area contributed by atoms with Crippen LogP contribution in [0.1, 0.15) is 11.1 Å². The van der Waals surface area contributed by atoms with E-state index >= 15 is 0 Å². The van der Waals surface area contributed by atoms with Crippen molar-refractivity contribution >= 4 is 26.5 Å². The summed E-state index contributed by atoms with van der Waals surface area (Å²) in [5, 5.41) is 11.8. The molecular weight excluding hydrogens is 384 g/mol. The van der Waals surface area contributed by atoms with Crippen LogP contribution in [0.15, 0.2) is 65.5 Å². The molecular formula is C21H10B2F2N4O. The smallest absolute Gasteiger partial charge is 0.267 e. The molecule has 0 bridgehead atoms. The van der Waals surface area contributed by atoms with Crippen molar-refractivity contribution in [2.45, 2.75) is 5.34 Å². The molecule has 4 aromatic rings. The Morgan fingerprint density at radius 2 is 1.63 bits per heavy atom. The normalized spacial score (nSPS) is 11.4. The van der Waals surface area contributed by atoms with E-state index in [9.17, 15) is 13.6 Å². The average molecular weight is 394 g/mol. The minimum absolute atomic E-state index is 0.0316. The van der Waals surface area contributed by atoms with E-state index < -0.39 is 22.8 Å². The molecule has 0 aliphatic rings. The second kappa shape index (κ2) is 7.23. The molecule has 0 amide bonds. The maximum atomic E-state index is 14.4. The summed E-state index contributed by atoms with van der Waals surface area (Å²) in [6, 6.07) is 16.6. The lowest BCUT2D eigenvalue weighted by Crippen LogP contribution is -2.45. The van der Waals surface area contributed by atoms with Crippen LogP contribution < -0.4 is 5.56 Å². The zero-order chi connectivity index (χ0) is 21.5. The summed E-state index contributed by atoms with van der Waals surface area (Å²) >= 11 is 0. The summed E-state index contributed by atoms with van der Waals surface area (Å²) in [5.74, 6) is -2.07. The molecule has 2 aromatic carbocycles. The predicted molar refractivity (Wildman–Crippen MR) is 109 cm³/mol. The monoisotopic (exact) mass is 394 g/mol. The molecule has 4 radical (unpaired) electrons. The van der Waals surface area contributed by atoms with Gasteiger partial charge in [0.25, 0.3) is 5.56 Å². The highest BCUT2D eigenvalue weighted by molar-refractivity contribution is 6.40. The van der Waals surface area contributed by atoms with E-state index in [0.29, 0.717) is 16.5 Å². The van der Waals surface area contributed by atoms with Crippen LogP contribution in [0.3, 0.4) is 0 Å². The van der Waals surface area contributed by atoms with Gasteiger partial charge >= 0.3 is 0 Å². The van der Waals surface area contributed by atoms with Crippen LogP contribution in [-0.2, 0) is 5.34 Å². The molecule has 4 rings (SSSR count). The first-order valence-corrected chi connectivity index (χ1v) is 8.76. The van der Waals surface area contributed by atoms with Crippen LogP contribution in [0, 0.1) is 23.2 Å². The molecule has 0 fully saturated rings. The number of rotatable bonds is 3. The Kier molecular flexibility index (Phi) is 4.70. The lowest BCUT2D eigenvalue weighted by Gasteiger charge is -2.29. The molecule has 2 heterocycles.